The Hall–Kier alpha value is -0.200. The normalized spacial score (nSPS) is 45.2. The molecule has 8 aliphatic rings. The van der Waals surface area contributed by atoms with Crippen molar-refractivity contribution in [2.45, 2.75) is 190 Å². The second kappa shape index (κ2) is 14.5. The fourth-order valence-electron chi connectivity index (χ4n) is 13.3. The van der Waals surface area contributed by atoms with E-state index in [9.17, 15) is 0 Å². The molecule has 0 aromatic heterocycles. The lowest BCUT2D eigenvalue weighted by Crippen LogP contribution is -2.56. The molecule has 0 aromatic rings. The van der Waals surface area contributed by atoms with Crippen molar-refractivity contribution >= 4 is 0 Å². The van der Waals surface area contributed by atoms with Gasteiger partial charge in [-0.25, -0.2) is 0 Å². The first-order valence-corrected chi connectivity index (χ1v) is 20.6. The highest BCUT2D eigenvalue weighted by atomic mass is 15.4. The lowest BCUT2D eigenvalue weighted by Gasteiger charge is -2.50. The molecule has 0 spiro atoms. The summed E-state index contributed by atoms with van der Waals surface area (Å²) < 4.78 is 0. The topological polar surface area (TPSA) is 42.6 Å². The summed E-state index contributed by atoms with van der Waals surface area (Å²) in [6.45, 7) is 3.64. The smallest absolute Gasteiger partial charge is 0.0634 e. The molecule has 5 heteroatoms. The van der Waals surface area contributed by atoms with Crippen LogP contribution in [0.2, 0.25) is 0 Å². The first-order chi connectivity index (χ1) is 21.8. The number of nitrogens with one attached hydrogen (secondary N) is 3. The van der Waals surface area contributed by atoms with Crippen LogP contribution in [0.3, 0.4) is 0 Å². The summed E-state index contributed by atoms with van der Waals surface area (Å²) in [6.07, 6.45) is 36.6. The minimum absolute atomic E-state index is 0.700. The van der Waals surface area contributed by atoms with E-state index in [0.717, 1.165) is 65.7 Å². The van der Waals surface area contributed by atoms with Gasteiger partial charge in [0.2, 0.25) is 0 Å². The van der Waals surface area contributed by atoms with E-state index < -0.39 is 0 Å². The van der Waals surface area contributed by atoms with Crippen LogP contribution in [0.15, 0.2) is 0 Å². The summed E-state index contributed by atoms with van der Waals surface area (Å²) in [6, 6.07) is 4.44. The number of hydrogen-bond donors (Lipinski definition) is 3. The van der Waals surface area contributed by atoms with Crippen LogP contribution in [0.5, 0.6) is 0 Å². The molecule has 0 radical (unpaired) electrons. The van der Waals surface area contributed by atoms with E-state index in [4.69, 9.17) is 0 Å². The van der Waals surface area contributed by atoms with Gasteiger partial charge in [-0.05, 0) is 158 Å². The fraction of sp³-hybridized carbons (Fsp3) is 1.00. The molecule has 0 aromatic carbocycles. The van der Waals surface area contributed by atoms with Crippen molar-refractivity contribution in [3.8, 4) is 0 Å². The van der Waals surface area contributed by atoms with Crippen molar-refractivity contribution < 1.29 is 0 Å². The number of hydrogen-bond acceptors (Lipinski definition) is 5. The summed E-state index contributed by atoms with van der Waals surface area (Å²) in [5.74, 6) is 5.87. The van der Waals surface area contributed by atoms with Crippen molar-refractivity contribution in [1.82, 2.24) is 26.0 Å². The van der Waals surface area contributed by atoms with Crippen LogP contribution >= 0.6 is 0 Å². The SMILES string of the molecule is C1CCC(N(C2CCCCC2)C2CCC3C(C2)C2CCCNC2N3C2CCC(C3CCC(C4CCNNC4)CC3)CC2)CC1. The van der Waals surface area contributed by atoms with E-state index in [0.29, 0.717) is 6.17 Å². The Morgan fingerprint density at radius 1 is 0.455 bits per heavy atom. The number of rotatable bonds is 6. The van der Waals surface area contributed by atoms with Gasteiger partial charge in [-0.1, -0.05) is 38.5 Å². The molecule has 8 fully saturated rings. The maximum Gasteiger partial charge on any atom is 0.0634 e. The molecule has 5 nitrogen and oxygen atoms in total. The van der Waals surface area contributed by atoms with E-state index in [-0.39, 0.29) is 0 Å². The van der Waals surface area contributed by atoms with Crippen LogP contribution in [-0.4, -0.2) is 65.8 Å². The maximum absolute atomic E-state index is 4.17. The van der Waals surface area contributed by atoms with E-state index in [1.54, 1.807) is 0 Å². The molecule has 250 valence electrons. The fourth-order valence-corrected chi connectivity index (χ4v) is 13.3. The van der Waals surface area contributed by atoms with E-state index in [1.807, 2.05) is 0 Å². The first-order valence-electron chi connectivity index (χ1n) is 20.6. The van der Waals surface area contributed by atoms with Crippen LogP contribution in [0.25, 0.3) is 0 Å². The third-order valence-electron chi connectivity index (χ3n) is 15.4. The zero-order valence-electron chi connectivity index (χ0n) is 28.4. The highest BCUT2D eigenvalue weighted by molar-refractivity contribution is 5.07. The molecule has 3 N–H and O–H groups in total. The Kier molecular flexibility index (Phi) is 10.3. The van der Waals surface area contributed by atoms with Crippen molar-refractivity contribution in [2.75, 3.05) is 19.6 Å². The summed E-state index contributed by atoms with van der Waals surface area (Å²) >= 11 is 0. The van der Waals surface area contributed by atoms with Gasteiger partial charge < -0.3 is 5.32 Å². The van der Waals surface area contributed by atoms with E-state index >= 15 is 0 Å². The lowest BCUT2D eigenvalue weighted by atomic mass is 9.67. The van der Waals surface area contributed by atoms with Gasteiger partial charge in [-0.2, -0.15) is 0 Å². The molecule has 0 bridgehead atoms. The Bertz CT molecular complexity index is 859. The average molecular weight is 608 g/mol. The zero-order valence-corrected chi connectivity index (χ0v) is 28.4. The van der Waals surface area contributed by atoms with E-state index in [2.05, 4.69) is 26.0 Å². The first kappa shape index (κ1) is 31.1. The van der Waals surface area contributed by atoms with Crippen molar-refractivity contribution in [2.24, 2.45) is 35.5 Å². The number of likely N-dealkylation sites (tertiary alicyclic amines) is 1. The Balaban J connectivity index is 0.904. The molecule has 3 saturated heterocycles. The number of hydrazine groups is 1. The predicted octanol–water partition coefficient (Wildman–Crippen LogP) is 7.61. The summed E-state index contributed by atoms with van der Waals surface area (Å²) in [4.78, 5) is 6.43. The van der Waals surface area contributed by atoms with Crippen molar-refractivity contribution in [1.29, 1.82) is 0 Å². The molecule has 5 saturated carbocycles. The predicted molar refractivity (Wildman–Crippen MR) is 182 cm³/mol. The highest BCUT2D eigenvalue weighted by Crippen LogP contribution is 2.51. The maximum atomic E-state index is 4.17. The van der Waals surface area contributed by atoms with Crippen LogP contribution in [0.4, 0.5) is 0 Å². The summed E-state index contributed by atoms with van der Waals surface area (Å²) in [5.41, 5.74) is 6.80. The Morgan fingerprint density at radius 3 is 1.73 bits per heavy atom. The molecule has 3 aliphatic heterocycles. The number of nitrogens with zero attached hydrogens (tertiary/aromatic N) is 2. The van der Waals surface area contributed by atoms with Crippen molar-refractivity contribution in [3.63, 3.8) is 0 Å². The van der Waals surface area contributed by atoms with Gasteiger partial charge in [0.1, 0.15) is 0 Å². The van der Waals surface area contributed by atoms with Gasteiger partial charge in [0.05, 0.1) is 6.17 Å². The van der Waals surface area contributed by atoms with Crippen LogP contribution < -0.4 is 16.2 Å². The second-order valence-corrected chi connectivity index (χ2v) is 17.5. The minimum Gasteiger partial charge on any atom is -0.301 e. The third-order valence-corrected chi connectivity index (χ3v) is 15.4. The van der Waals surface area contributed by atoms with Crippen molar-refractivity contribution in [3.05, 3.63) is 0 Å². The highest BCUT2D eigenvalue weighted by Gasteiger charge is 2.54. The van der Waals surface area contributed by atoms with Crippen LogP contribution in [-0.2, 0) is 0 Å². The summed E-state index contributed by atoms with van der Waals surface area (Å²) in [7, 11) is 0. The monoisotopic (exact) mass is 608 g/mol. The molecule has 8 rings (SSSR count). The molecule has 0 amide bonds. The minimum atomic E-state index is 0.700. The molecule has 44 heavy (non-hydrogen) atoms. The Morgan fingerprint density at radius 2 is 1.09 bits per heavy atom. The van der Waals surface area contributed by atoms with Gasteiger partial charge in [-0.15, -0.1) is 0 Å². The molecule has 6 unspecified atom stereocenters. The Labute approximate surface area is 271 Å². The summed E-state index contributed by atoms with van der Waals surface area (Å²) in [5, 5.41) is 4.17. The largest absolute Gasteiger partial charge is 0.301 e. The van der Waals surface area contributed by atoms with Gasteiger partial charge in [0.25, 0.3) is 0 Å². The third kappa shape index (κ3) is 6.46. The zero-order chi connectivity index (χ0) is 29.3. The molecule has 6 atom stereocenters. The van der Waals surface area contributed by atoms with Gasteiger partial charge >= 0.3 is 0 Å². The molecular formula is C39H69N5. The van der Waals surface area contributed by atoms with Gasteiger partial charge in [-0.3, -0.25) is 20.7 Å². The molecular weight excluding hydrogens is 538 g/mol. The molecule has 3 heterocycles. The van der Waals surface area contributed by atoms with Gasteiger partial charge in [0.15, 0.2) is 0 Å². The standard InChI is InChI=1S/C39H69N5/c1-3-8-32(9-4-1)43(33-10-5-2-6-11-33)35-21-22-38-37(26-35)36-12-7-24-40-39(36)44(38)34-19-17-29(18-20-34)28-13-15-30(16-14-28)31-23-25-41-42-27-31/h28-42H,1-27H2. The van der Waals surface area contributed by atoms with Crippen LogP contribution in [0.1, 0.15) is 154 Å². The van der Waals surface area contributed by atoms with Crippen LogP contribution in [0, 0.1) is 35.5 Å². The lowest BCUT2D eigenvalue weighted by molar-refractivity contribution is -0.00936. The van der Waals surface area contributed by atoms with Gasteiger partial charge in [0, 0.05) is 43.3 Å². The number of fused-ring (bicyclic) bond motifs is 3. The van der Waals surface area contributed by atoms with E-state index in [1.165, 1.54) is 174 Å². The number of piperidine rings is 1. The average Bonchev–Trinajstić information content (AvgIpc) is 3.44. The quantitative estimate of drug-likeness (QED) is 0.290. The second-order valence-electron chi connectivity index (χ2n) is 17.5. The molecule has 5 aliphatic carbocycles.